The Morgan fingerprint density at radius 1 is 1.26 bits per heavy atom. The molecule has 0 spiro atoms. The van der Waals surface area contributed by atoms with Crippen molar-refractivity contribution in [2.45, 2.75) is 27.3 Å². The second-order valence-corrected chi connectivity index (χ2v) is 7.11. The fraction of sp³-hybridized carbons (Fsp3) is 0.240. The molecule has 9 heteroatoms. The molecule has 8 nitrogen and oxygen atoms in total. The van der Waals surface area contributed by atoms with Gasteiger partial charge in [0, 0.05) is 19.7 Å². The molecule has 0 fully saturated rings. The number of furan rings is 1. The first-order valence-electron chi connectivity index (χ1n) is 10.5. The Kier molecular flexibility index (Phi) is 11.7. The number of allylic oxidation sites excluding steroid dienone is 1. The van der Waals surface area contributed by atoms with Crippen molar-refractivity contribution in [2.24, 2.45) is 0 Å². The van der Waals surface area contributed by atoms with E-state index < -0.39 is 0 Å². The lowest BCUT2D eigenvalue weighted by Gasteiger charge is -2.14. The van der Waals surface area contributed by atoms with E-state index in [0.29, 0.717) is 29.6 Å². The largest absolute Gasteiger partial charge is 0.505 e. The van der Waals surface area contributed by atoms with Gasteiger partial charge in [0.1, 0.15) is 11.5 Å². The third kappa shape index (κ3) is 6.98. The summed E-state index contributed by atoms with van der Waals surface area (Å²) < 4.78 is 14.3. The Labute approximate surface area is 205 Å². The summed E-state index contributed by atoms with van der Waals surface area (Å²) in [7, 11) is 3.25. The molecule has 0 unspecified atom stereocenters. The lowest BCUT2D eigenvalue weighted by molar-refractivity contribution is 0.0824. The van der Waals surface area contributed by atoms with Gasteiger partial charge >= 0.3 is 0 Å². The first-order chi connectivity index (χ1) is 16.4. The molecule has 0 aliphatic rings. The molecule has 1 amide bonds. The van der Waals surface area contributed by atoms with E-state index in [1.807, 2.05) is 39.0 Å². The average Bonchev–Trinajstić information content (AvgIpc) is 3.47. The van der Waals surface area contributed by atoms with Crippen LogP contribution in [0, 0.1) is 12.8 Å². The lowest BCUT2D eigenvalue weighted by atomic mass is 10.1. The number of carbonyl (C=O) groups is 1. The van der Waals surface area contributed by atoms with E-state index in [0.717, 1.165) is 23.1 Å². The van der Waals surface area contributed by atoms with Crippen molar-refractivity contribution >= 4 is 47.1 Å². The molecule has 2 aromatic heterocycles. The number of nitrogens with zero attached hydrogens (tertiary/aromatic N) is 3. The van der Waals surface area contributed by atoms with Gasteiger partial charge in [-0.15, -0.1) is 12.8 Å². The van der Waals surface area contributed by atoms with Crippen LogP contribution < -0.4 is 10.6 Å². The molecule has 34 heavy (non-hydrogen) atoms. The van der Waals surface area contributed by atoms with E-state index in [9.17, 15) is 9.90 Å². The van der Waals surface area contributed by atoms with Gasteiger partial charge in [0.25, 0.3) is 5.91 Å². The number of para-hydroxylation sites is 1. The van der Waals surface area contributed by atoms with Crippen molar-refractivity contribution < 1.29 is 14.3 Å². The Morgan fingerprint density at radius 3 is 2.56 bits per heavy atom. The van der Waals surface area contributed by atoms with Crippen LogP contribution in [-0.2, 0) is 6.54 Å². The van der Waals surface area contributed by atoms with Gasteiger partial charge in [-0.2, -0.15) is 8.75 Å². The molecule has 3 N–H and O–H groups in total. The van der Waals surface area contributed by atoms with Crippen molar-refractivity contribution in [3.05, 3.63) is 59.6 Å². The molecule has 1 aromatic carbocycles. The maximum atomic E-state index is 12.2. The first kappa shape index (κ1) is 28.0. The van der Waals surface area contributed by atoms with Gasteiger partial charge in [-0.1, -0.05) is 38.6 Å². The number of benzene rings is 1. The number of carbonyl (C=O) groups excluding carboxylic acids is 1. The highest BCUT2D eigenvalue weighted by Gasteiger charge is 2.18. The van der Waals surface area contributed by atoms with Crippen LogP contribution in [0.4, 0.5) is 17.3 Å². The molecule has 3 rings (SSSR count). The van der Waals surface area contributed by atoms with Crippen LogP contribution in [0.1, 0.15) is 48.2 Å². The highest BCUT2D eigenvalue weighted by atomic mass is 32.1. The zero-order valence-electron chi connectivity index (χ0n) is 20.1. The Balaban J connectivity index is 0.00000137. The molecule has 0 bridgehead atoms. The Bertz CT molecular complexity index is 1130. The Hall–Kier alpha value is -4.03. The van der Waals surface area contributed by atoms with Gasteiger partial charge in [0.15, 0.2) is 17.4 Å². The fourth-order valence-electron chi connectivity index (χ4n) is 2.77. The van der Waals surface area contributed by atoms with Crippen LogP contribution in [0.5, 0.6) is 5.75 Å². The number of amides is 1. The minimum absolute atomic E-state index is 0.146. The van der Waals surface area contributed by atoms with Crippen LogP contribution in [0.2, 0.25) is 0 Å². The van der Waals surface area contributed by atoms with Gasteiger partial charge in [0.05, 0.1) is 29.5 Å². The minimum atomic E-state index is -0.293. The van der Waals surface area contributed by atoms with Crippen molar-refractivity contribution in [1.29, 1.82) is 0 Å². The molecule has 0 saturated heterocycles. The topological polar surface area (TPSA) is 104 Å². The summed E-state index contributed by atoms with van der Waals surface area (Å²) in [6, 6.07) is 6.85. The second kappa shape index (κ2) is 14.2. The minimum Gasteiger partial charge on any atom is -0.505 e. The van der Waals surface area contributed by atoms with Gasteiger partial charge in [-0.3, -0.25) is 4.79 Å². The van der Waals surface area contributed by atoms with Crippen molar-refractivity contribution in [3.63, 3.8) is 0 Å². The zero-order valence-corrected chi connectivity index (χ0v) is 20.9. The summed E-state index contributed by atoms with van der Waals surface area (Å²) >= 11 is 1.02. The molecular weight excluding hydrogens is 450 g/mol. The van der Waals surface area contributed by atoms with E-state index in [2.05, 4.69) is 38.8 Å². The third-order valence-corrected chi connectivity index (χ3v) is 4.75. The molecule has 2 heterocycles. The molecule has 0 aliphatic carbocycles. The number of terminal acetylenes is 1. The van der Waals surface area contributed by atoms with Gasteiger partial charge in [-0.25, -0.2) is 0 Å². The van der Waals surface area contributed by atoms with E-state index in [4.69, 9.17) is 4.42 Å². The molecule has 0 radical (unpaired) electrons. The van der Waals surface area contributed by atoms with Crippen LogP contribution in [0.25, 0.3) is 12.2 Å². The number of hydrogen-bond donors (Lipinski definition) is 3. The molecular formula is C25H31N5O3S. The van der Waals surface area contributed by atoms with Crippen molar-refractivity contribution in [2.75, 3.05) is 24.7 Å². The van der Waals surface area contributed by atoms with E-state index >= 15 is 0 Å². The summed E-state index contributed by atoms with van der Waals surface area (Å²) in [4.78, 5) is 13.6. The quantitative estimate of drug-likeness (QED) is 0.274. The number of aromatic nitrogens is 2. The van der Waals surface area contributed by atoms with Crippen molar-refractivity contribution in [1.82, 2.24) is 13.6 Å². The van der Waals surface area contributed by atoms with Gasteiger partial charge in [-0.05, 0) is 31.2 Å². The Morgan fingerprint density at radius 2 is 1.94 bits per heavy atom. The van der Waals surface area contributed by atoms with Gasteiger partial charge in [0.2, 0.25) is 0 Å². The molecule has 0 aliphatic heterocycles. The van der Waals surface area contributed by atoms with Gasteiger partial charge < -0.3 is 25.1 Å². The first-order valence-corrected chi connectivity index (χ1v) is 11.3. The fourth-order valence-corrected chi connectivity index (χ4v) is 3.26. The summed E-state index contributed by atoms with van der Waals surface area (Å²) in [5, 5.41) is 16.7. The third-order valence-electron chi connectivity index (χ3n) is 4.22. The van der Waals surface area contributed by atoms with Crippen molar-refractivity contribution in [3.8, 4) is 18.6 Å². The predicted octanol–water partition coefficient (Wildman–Crippen LogP) is 5.85. The molecule has 180 valence electrons. The molecule has 0 atom stereocenters. The highest BCUT2D eigenvalue weighted by Crippen LogP contribution is 2.33. The van der Waals surface area contributed by atoms with Crippen LogP contribution in [0.3, 0.4) is 0 Å². The summed E-state index contributed by atoms with van der Waals surface area (Å²) in [6.07, 6.45) is 13.6. The predicted molar refractivity (Wildman–Crippen MR) is 141 cm³/mol. The number of phenols is 1. The maximum absolute atomic E-state index is 12.2. The number of rotatable bonds is 8. The van der Waals surface area contributed by atoms with E-state index in [1.165, 1.54) is 4.90 Å². The van der Waals surface area contributed by atoms with E-state index in [1.54, 1.807) is 38.4 Å². The monoisotopic (exact) mass is 481 g/mol. The lowest BCUT2D eigenvalue weighted by Crippen LogP contribution is -2.21. The standard InChI is InChI=1S/C21H23N5O3S.C2H6.C2H2/c1-5-8-13-11-14(29-17(13)6-2)12-22-19-20(25-30-24-19)23-16-10-7-9-15(18(16)27)21(28)26(3)4;2*1-2/h5-11,27H,2,12H2,1,3-4H3,(H,22,24)(H,23,25);1-2H3;1-2H/b8-5-;;. The van der Waals surface area contributed by atoms with Crippen LogP contribution in [0.15, 0.2) is 41.3 Å². The maximum Gasteiger partial charge on any atom is 0.257 e. The highest BCUT2D eigenvalue weighted by molar-refractivity contribution is 6.99. The molecule has 0 saturated carbocycles. The zero-order chi connectivity index (χ0) is 25.7. The smallest absolute Gasteiger partial charge is 0.257 e. The number of nitrogens with one attached hydrogen (secondary N) is 2. The average molecular weight is 482 g/mol. The summed E-state index contributed by atoms with van der Waals surface area (Å²) in [5.41, 5.74) is 1.51. The van der Waals surface area contributed by atoms with E-state index in [-0.39, 0.29) is 17.2 Å². The number of aromatic hydroxyl groups is 1. The number of hydrogen-bond acceptors (Lipinski definition) is 8. The SMILES string of the molecule is C#C.C=Cc1oc(CNc2nsnc2Nc2cccc(C(=O)N(C)C)c2O)cc1/C=C\C.CC. The molecule has 3 aromatic rings. The van der Waals surface area contributed by atoms with Crippen LogP contribution >= 0.6 is 11.7 Å². The number of anilines is 3. The van der Waals surface area contributed by atoms with Crippen LogP contribution in [-0.4, -0.2) is 38.8 Å². The number of phenolic OH excluding ortho intramolecular Hbond substituents is 1. The summed E-state index contributed by atoms with van der Waals surface area (Å²) in [5.74, 6) is 1.93. The summed E-state index contributed by atoms with van der Waals surface area (Å²) in [6.45, 7) is 10.1. The second-order valence-electron chi connectivity index (χ2n) is 6.58. The normalized spacial score (nSPS) is 9.85.